The fourth-order valence-electron chi connectivity index (χ4n) is 0.248. The molecule has 0 saturated carbocycles. The standard InChI is InChI=1S/C6H9B/c1-3-4-5-6(2)7/h3-5H,1-2H3/b4-3-,6-5+. The molecule has 0 atom stereocenters. The van der Waals surface area contributed by atoms with Crippen molar-refractivity contribution in [1.82, 2.24) is 0 Å². The van der Waals surface area contributed by atoms with E-state index >= 15 is 0 Å². The average Bonchev–Trinajstić information content (AvgIpc) is 1.61. The van der Waals surface area contributed by atoms with Crippen molar-refractivity contribution < 1.29 is 0 Å². The third kappa shape index (κ3) is 5.54. The van der Waals surface area contributed by atoms with E-state index in [0.717, 1.165) is 5.47 Å². The summed E-state index contributed by atoms with van der Waals surface area (Å²) in [6.45, 7) is 3.82. The van der Waals surface area contributed by atoms with Crippen LogP contribution in [-0.4, -0.2) is 7.85 Å². The van der Waals surface area contributed by atoms with E-state index in [1.165, 1.54) is 0 Å². The van der Waals surface area contributed by atoms with Crippen molar-refractivity contribution in [1.29, 1.82) is 0 Å². The lowest BCUT2D eigenvalue weighted by Crippen LogP contribution is -1.65. The molecule has 0 aromatic rings. The zero-order valence-corrected chi connectivity index (χ0v) is 4.81. The Kier molecular flexibility index (Phi) is 3.48. The summed E-state index contributed by atoms with van der Waals surface area (Å²) in [7, 11) is 5.29. The van der Waals surface area contributed by atoms with Gasteiger partial charge in [-0.2, -0.15) is 0 Å². The molecule has 36 valence electrons. The zero-order valence-electron chi connectivity index (χ0n) is 4.81. The maximum Gasteiger partial charge on any atom is 0.107 e. The van der Waals surface area contributed by atoms with Crippen LogP contribution < -0.4 is 0 Å². The molecule has 0 nitrogen and oxygen atoms in total. The highest BCUT2D eigenvalue weighted by Crippen LogP contribution is 1.82. The molecule has 0 aromatic carbocycles. The van der Waals surface area contributed by atoms with Gasteiger partial charge >= 0.3 is 0 Å². The lowest BCUT2D eigenvalue weighted by Gasteiger charge is -1.78. The minimum absolute atomic E-state index is 0.845. The molecule has 0 fully saturated rings. The summed E-state index contributed by atoms with van der Waals surface area (Å²) in [4.78, 5) is 0. The van der Waals surface area contributed by atoms with E-state index in [1.54, 1.807) is 0 Å². The second-order valence-corrected chi connectivity index (χ2v) is 1.44. The van der Waals surface area contributed by atoms with Crippen LogP contribution in [0.1, 0.15) is 13.8 Å². The molecule has 0 aromatic heterocycles. The van der Waals surface area contributed by atoms with E-state index in [4.69, 9.17) is 7.85 Å². The van der Waals surface area contributed by atoms with Crippen LogP contribution in [0.15, 0.2) is 23.7 Å². The maximum absolute atomic E-state index is 5.29. The Bertz CT molecular complexity index is 86.4. The van der Waals surface area contributed by atoms with Gasteiger partial charge in [0.15, 0.2) is 0 Å². The van der Waals surface area contributed by atoms with Crippen molar-refractivity contribution in [3.8, 4) is 0 Å². The molecule has 0 aliphatic rings. The summed E-state index contributed by atoms with van der Waals surface area (Å²) >= 11 is 0. The van der Waals surface area contributed by atoms with Crippen molar-refractivity contribution in [2.45, 2.75) is 13.8 Å². The van der Waals surface area contributed by atoms with E-state index in [9.17, 15) is 0 Å². The Hall–Kier alpha value is -0.455. The molecule has 0 amide bonds. The van der Waals surface area contributed by atoms with E-state index in [1.807, 2.05) is 32.1 Å². The van der Waals surface area contributed by atoms with Gasteiger partial charge in [-0.25, -0.2) is 0 Å². The first-order chi connectivity index (χ1) is 3.27. The summed E-state index contributed by atoms with van der Waals surface area (Å²) in [5.41, 5.74) is 0.845. The summed E-state index contributed by atoms with van der Waals surface area (Å²) in [5, 5.41) is 0. The monoisotopic (exact) mass is 92.1 g/mol. The number of allylic oxidation sites excluding steroid dienone is 4. The molecule has 2 radical (unpaired) electrons. The largest absolute Gasteiger partial charge is 0.121 e. The fourth-order valence-corrected chi connectivity index (χ4v) is 0.248. The molecule has 0 heterocycles. The molecular weight excluding hydrogens is 82.9 g/mol. The summed E-state index contributed by atoms with van der Waals surface area (Å²) in [5.74, 6) is 0. The zero-order chi connectivity index (χ0) is 5.70. The normalized spacial score (nSPS) is 13.1. The van der Waals surface area contributed by atoms with Crippen LogP contribution in [-0.2, 0) is 0 Å². The maximum atomic E-state index is 5.29. The molecule has 0 unspecified atom stereocenters. The van der Waals surface area contributed by atoms with Crippen LogP contribution in [0.4, 0.5) is 0 Å². The first-order valence-electron chi connectivity index (χ1n) is 2.32. The fraction of sp³-hybridized carbons (Fsp3) is 0.333. The second kappa shape index (κ2) is 3.73. The molecule has 1 heteroatoms. The van der Waals surface area contributed by atoms with Crippen molar-refractivity contribution in [2.75, 3.05) is 0 Å². The van der Waals surface area contributed by atoms with Crippen molar-refractivity contribution in [3.05, 3.63) is 23.7 Å². The van der Waals surface area contributed by atoms with Gasteiger partial charge in [-0.3, -0.25) is 0 Å². The van der Waals surface area contributed by atoms with Crippen molar-refractivity contribution >= 4 is 7.85 Å². The summed E-state index contributed by atoms with van der Waals surface area (Å²) < 4.78 is 0. The van der Waals surface area contributed by atoms with Gasteiger partial charge in [0.05, 0.1) is 0 Å². The molecule has 0 spiro atoms. The highest BCUT2D eigenvalue weighted by Gasteiger charge is 1.65. The minimum Gasteiger partial charge on any atom is -0.121 e. The molecule has 0 saturated heterocycles. The third-order valence-corrected chi connectivity index (χ3v) is 0.552. The van der Waals surface area contributed by atoms with Crippen LogP contribution >= 0.6 is 0 Å². The Morgan fingerprint density at radius 3 is 2.29 bits per heavy atom. The predicted molar refractivity (Wildman–Crippen MR) is 34.3 cm³/mol. The molecule has 7 heavy (non-hydrogen) atoms. The van der Waals surface area contributed by atoms with Crippen LogP contribution in [0.2, 0.25) is 0 Å². The lowest BCUT2D eigenvalue weighted by atomic mass is 9.98. The summed E-state index contributed by atoms with van der Waals surface area (Å²) in [6.07, 6.45) is 5.71. The molecule has 0 N–H and O–H groups in total. The number of rotatable bonds is 1. The van der Waals surface area contributed by atoms with E-state index < -0.39 is 0 Å². The van der Waals surface area contributed by atoms with Gasteiger partial charge in [-0.15, -0.1) is 5.47 Å². The van der Waals surface area contributed by atoms with E-state index in [2.05, 4.69) is 0 Å². The smallest absolute Gasteiger partial charge is 0.107 e. The van der Waals surface area contributed by atoms with Gasteiger partial charge in [0.25, 0.3) is 0 Å². The molecule has 0 aliphatic heterocycles. The number of hydrogen-bond acceptors (Lipinski definition) is 0. The van der Waals surface area contributed by atoms with Crippen LogP contribution in [0.3, 0.4) is 0 Å². The topological polar surface area (TPSA) is 0 Å². The van der Waals surface area contributed by atoms with Gasteiger partial charge in [0.1, 0.15) is 7.85 Å². The highest BCUT2D eigenvalue weighted by molar-refractivity contribution is 6.21. The molecule has 0 rings (SSSR count). The van der Waals surface area contributed by atoms with Gasteiger partial charge < -0.3 is 0 Å². The molecule has 0 bridgehead atoms. The SMILES string of the molecule is [B]/C(C)=C/C=C\C. The first kappa shape index (κ1) is 6.54. The van der Waals surface area contributed by atoms with Crippen LogP contribution in [0, 0.1) is 0 Å². The Morgan fingerprint density at radius 2 is 2.14 bits per heavy atom. The molecule has 0 aliphatic carbocycles. The van der Waals surface area contributed by atoms with Gasteiger partial charge in [-0.1, -0.05) is 25.2 Å². The summed E-state index contributed by atoms with van der Waals surface area (Å²) in [6, 6.07) is 0. The van der Waals surface area contributed by atoms with Crippen LogP contribution in [0.5, 0.6) is 0 Å². The Morgan fingerprint density at radius 1 is 1.57 bits per heavy atom. The second-order valence-electron chi connectivity index (χ2n) is 1.44. The van der Waals surface area contributed by atoms with Crippen LogP contribution in [0.25, 0.3) is 0 Å². The predicted octanol–water partition coefficient (Wildman–Crippen LogP) is 1.63. The Labute approximate surface area is 46.3 Å². The highest BCUT2D eigenvalue weighted by atomic mass is 13.6. The minimum atomic E-state index is 0.845. The average molecular weight is 92.0 g/mol. The van der Waals surface area contributed by atoms with Gasteiger partial charge in [0, 0.05) is 0 Å². The quantitative estimate of drug-likeness (QED) is 0.340. The van der Waals surface area contributed by atoms with Gasteiger partial charge in [-0.05, 0) is 6.92 Å². The van der Waals surface area contributed by atoms with Crippen molar-refractivity contribution in [2.24, 2.45) is 0 Å². The third-order valence-electron chi connectivity index (χ3n) is 0.552. The lowest BCUT2D eigenvalue weighted by molar-refractivity contribution is 1.64. The van der Waals surface area contributed by atoms with Crippen molar-refractivity contribution in [3.63, 3.8) is 0 Å². The molecular formula is C6H9B. The number of hydrogen-bond donors (Lipinski definition) is 0. The first-order valence-corrected chi connectivity index (χ1v) is 2.32. The van der Waals surface area contributed by atoms with Gasteiger partial charge in [0.2, 0.25) is 0 Å². The Balaban J connectivity index is 3.46. The van der Waals surface area contributed by atoms with E-state index in [0.29, 0.717) is 0 Å². The van der Waals surface area contributed by atoms with E-state index in [-0.39, 0.29) is 0 Å².